The molecule has 24 heavy (non-hydrogen) atoms. The first kappa shape index (κ1) is 17.7. The van der Waals surface area contributed by atoms with Gasteiger partial charge in [0, 0.05) is 6.54 Å². The first-order valence-corrected chi connectivity index (χ1v) is 7.55. The highest BCUT2D eigenvalue weighted by Crippen LogP contribution is 2.38. The molecule has 2 N–H and O–H groups in total. The fraction of sp³-hybridized carbons (Fsp3) is 0.235. The molecule has 0 aliphatic carbocycles. The minimum absolute atomic E-state index is 0.285. The van der Waals surface area contributed by atoms with Crippen molar-refractivity contribution in [3.63, 3.8) is 0 Å². The molecule has 2 aromatic carbocycles. The number of carbonyl (C=O) groups excluding carboxylic acids is 1. The zero-order chi connectivity index (χ0) is 17.5. The Morgan fingerprint density at radius 2 is 1.67 bits per heavy atom. The van der Waals surface area contributed by atoms with Crippen LogP contribution in [0.2, 0.25) is 5.02 Å². The van der Waals surface area contributed by atoms with Crippen LogP contribution in [-0.4, -0.2) is 27.4 Å². The van der Waals surface area contributed by atoms with E-state index in [1.165, 1.54) is 7.11 Å². The Hall–Kier alpha value is -2.60. The molecular formula is C17H19ClN2O4. The predicted octanol–water partition coefficient (Wildman–Crippen LogP) is 3.69. The number of urea groups is 1. The molecule has 0 fully saturated rings. The number of para-hydroxylation sites is 1. The van der Waals surface area contributed by atoms with Gasteiger partial charge in [-0.1, -0.05) is 23.7 Å². The molecule has 2 aromatic rings. The molecule has 0 heterocycles. The maximum absolute atomic E-state index is 12.0. The van der Waals surface area contributed by atoms with Crippen molar-refractivity contribution < 1.29 is 19.0 Å². The molecule has 0 spiro atoms. The average Bonchev–Trinajstić information content (AvgIpc) is 2.60. The Kier molecular flexibility index (Phi) is 6.14. The summed E-state index contributed by atoms with van der Waals surface area (Å²) in [6.45, 7) is 0.285. The van der Waals surface area contributed by atoms with E-state index in [1.54, 1.807) is 50.6 Å². The van der Waals surface area contributed by atoms with Crippen molar-refractivity contribution in [2.45, 2.75) is 6.54 Å². The van der Waals surface area contributed by atoms with Gasteiger partial charge in [-0.15, -0.1) is 0 Å². The summed E-state index contributed by atoms with van der Waals surface area (Å²) in [5.74, 6) is 1.56. The maximum Gasteiger partial charge on any atom is 0.319 e. The largest absolute Gasteiger partial charge is 0.493 e. The van der Waals surface area contributed by atoms with Crippen LogP contribution in [0, 0.1) is 0 Å². The SMILES string of the molecule is COc1cc(CNC(=O)Nc2ccccc2Cl)cc(OC)c1OC. The van der Waals surface area contributed by atoms with Crippen LogP contribution in [0.1, 0.15) is 5.56 Å². The third-order valence-electron chi connectivity index (χ3n) is 3.30. The van der Waals surface area contributed by atoms with Gasteiger partial charge >= 0.3 is 6.03 Å². The van der Waals surface area contributed by atoms with Gasteiger partial charge in [0.05, 0.1) is 32.0 Å². The van der Waals surface area contributed by atoms with E-state index in [4.69, 9.17) is 25.8 Å². The summed E-state index contributed by atoms with van der Waals surface area (Å²) in [6.07, 6.45) is 0. The number of rotatable bonds is 6. The van der Waals surface area contributed by atoms with Crippen molar-refractivity contribution in [1.29, 1.82) is 0 Å². The lowest BCUT2D eigenvalue weighted by Gasteiger charge is -2.14. The minimum atomic E-state index is -0.364. The number of methoxy groups -OCH3 is 3. The summed E-state index contributed by atoms with van der Waals surface area (Å²) < 4.78 is 15.8. The van der Waals surface area contributed by atoms with Crippen LogP contribution in [-0.2, 0) is 6.54 Å². The second-order valence-corrected chi connectivity index (χ2v) is 5.23. The number of ether oxygens (including phenoxy) is 3. The third kappa shape index (κ3) is 4.23. The first-order chi connectivity index (χ1) is 11.6. The molecule has 2 amide bonds. The highest BCUT2D eigenvalue weighted by Gasteiger charge is 2.13. The fourth-order valence-electron chi connectivity index (χ4n) is 2.15. The molecule has 0 bridgehead atoms. The summed E-state index contributed by atoms with van der Waals surface area (Å²) in [7, 11) is 4.62. The molecule has 0 unspecified atom stereocenters. The van der Waals surface area contributed by atoms with E-state index in [1.807, 2.05) is 0 Å². The number of anilines is 1. The third-order valence-corrected chi connectivity index (χ3v) is 3.63. The van der Waals surface area contributed by atoms with Crippen molar-refractivity contribution in [2.24, 2.45) is 0 Å². The van der Waals surface area contributed by atoms with Crippen LogP contribution in [0.3, 0.4) is 0 Å². The molecule has 0 saturated heterocycles. The van der Waals surface area contributed by atoms with Crippen LogP contribution >= 0.6 is 11.6 Å². The summed E-state index contributed by atoms with van der Waals surface area (Å²) in [5.41, 5.74) is 1.35. The van der Waals surface area contributed by atoms with Crippen LogP contribution in [0.25, 0.3) is 0 Å². The minimum Gasteiger partial charge on any atom is -0.493 e. The van der Waals surface area contributed by atoms with Gasteiger partial charge in [-0.2, -0.15) is 0 Å². The van der Waals surface area contributed by atoms with Crippen LogP contribution in [0.5, 0.6) is 17.2 Å². The number of hydrogen-bond acceptors (Lipinski definition) is 4. The highest BCUT2D eigenvalue weighted by molar-refractivity contribution is 6.33. The molecule has 128 valence electrons. The van der Waals surface area contributed by atoms with Crippen molar-refractivity contribution in [3.05, 3.63) is 47.0 Å². The number of nitrogens with one attached hydrogen (secondary N) is 2. The molecule has 7 heteroatoms. The molecule has 2 rings (SSSR count). The van der Waals surface area contributed by atoms with E-state index < -0.39 is 0 Å². The molecule has 0 aliphatic rings. The van der Waals surface area contributed by atoms with Crippen molar-refractivity contribution >= 4 is 23.3 Å². The fourth-order valence-corrected chi connectivity index (χ4v) is 2.33. The molecular weight excluding hydrogens is 332 g/mol. The maximum atomic E-state index is 12.0. The van der Waals surface area contributed by atoms with Crippen molar-refractivity contribution in [1.82, 2.24) is 5.32 Å². The Morgan fingerprint density at radius 1 is 1.04 bits per heavy atom. The van der Waals surface area contributed by atoms with Gasteiger partial charge in [0.2, 0.25) is 5.75 Å². The smallest absolute Gasteiger partial charge is 0.319 e. The zero-order valence-corrected chi connectivity index (χ0v) is 14.4. The molecule has 6 nitrogen and oxygen atoms in total. The molecule has 0 atom stereocenters. The second kappa shape index (κ2) is 8.31. The predicted molar refractivity (Wildman–Crippen MR) is 93.4 cm³/mol. The zero-order valence-electron chi connectivity index (χ0n) is 13.7. The quantitative estimate of drug-likeness (QED) is 0.833. The lowest BCUT2D eigenvalue weighted by molar-refractivity contribution is 0.251. The molecule has 0 radical (unpaired) electrons. The average molecular weight is 351 g/mol. The van der Waals surface area contributed by atoms with Crippen molar-refractivity contribution in [3.8, 4) is 17.2 Å². The van der Waals surface area contributed by atoms with Gasteiger partial charge in [0.15, 0.2) is 11.5 Å². The highest BCUT2D eigenvalue weighted by atomic mass is 35.5. The van der Waals surface area contributed by atoms with E-state index in [2.05, 4.69) is 10.6 Å². The number of hydrogen-bond donors (Lipinski definition) is 2. The monoisotopic (exact) mass is 350 g/mol. The van der Waals surface area contributed by atoms with Gasteiger partial charge < -0.3 is 24.8 Å². The molecule has 0 aliphatic heterocycles. The number of carbonyl (C=O) groups is 1. The molecule has 0 saturated carbocycles. The van der Waals surface area contributed by atoms with E-state index in [-0.39, 0.29) is 12.6 Å². The van der Waals surface area contributed by atoms with E-state index in [9.17, 15) is 4.79 Å². The lowest BCUT2D eigenvalue weighted by atomic mass is 10.2. The van der Waals surface area contributed by atoms with Gasteiger partial charge in [0.1, 0.15) is 0 Å². The van der Waals surface area contributed by atoms with Crippen molar-refractivity contribution in [2.75, 3.05) is 26.6 Å². The summed E-state index contributed by atoms with van der Waals surface area (Å²) in [5, 5.41) is 5.92. The molecule has 0 aromatic heterocycles. The van der Waals surface area contributed by atoms with E-state index in [0.717, 1.165) is 5.56 Å². The van der Waals surface area contributed by atoms with Crippen LogP contribution in [0.4, 0.5) is 10.5 Å². The Morgan fingerprint density at radius 3 is 2.21 bits per heavy atom. The summed E-state index contributed by atoms with van der Waals surface area (Å²) >= 11 is 6.01. The number of benzene rings is 2. The topological polar surface area (TPSA) is 68.8 Å². The van der Waals surface area contributed by atoms with Gasteiger partial charge in [-0.3, -0.25) is 0 Å². The van der Waals surface area contributed by atoms with Crippen LogP contribution < -0.4 is 24.8 Å². The first-order valence-electron chi connectivity index (χ1n) is 7.17. The number of amides is 2. The number of halogens is 1. The van der Waals surface area contributed by atoms with E-state index >= 15 is 0 Å². The van der Waals surface area contributed by atoms with Gasteiger partial charge in [0.25, 0.3) is 0 Å². The van der Waals surface area contributed by atoms with Gasteiger partial charge in [-0.25, -0.2) is 4.79 Å². The second-order valence-electron chi connectivity index (χ2n) is 4.82. The normalized spacial score (nSPS) is 10.0. The summed E-state index contributed by atoms with van der Waals surface area (Å²) in [6, 6.07) is 10.2. The Labute approximate surface area is 145 Å². The van der Waals surface area contributed by atoms with Gasteiger partial charge in [-0.05, 0) is 29.8 Å². The lowest BCUT2D eigenvalue weighted by Crippen LogP contribution is -2.28. The van der Waals surface area contributed by atoms with E-state index in [0.29, 0.717) is 28.0 Å². The Balaban J connectivity index is 2.06. The Bertz CT molecular complexity index is 696. The van der Waals surface area contributed by atoms with Crippen LogP contribution in [0.15, 0.2) is 36.4 Å². The standard InChI is InChI=1S/C17H19ClN2O4/c1-22-14-8-11(9-15(23-2)16(14)24-3)10-19-17(21)20-13-7-5-4-6-12(13)18/h4-9H,10H2,1-3H3,(H2,19,20,21). The summed E-state index contributed by atoms with van der Waals surface area (Å²) in [4.78, 5) is 12.0.